The lowest BCUT2D eigenvalue weighted by Crippen LogP contribution is -2.17. The van der Waals surface area contributed by atoms with Crippen molar-refractivity contribution in [2.45, 2.75) is 13.6 Å². The maximum Gasteiger partial charge on any atom is 0.135 e. The van der Waals surface area contributed by atoms with E-state index in [0.717, 1.165) is 6.54 Å². The van der Waals surface area contributed by atoms with Crippen LogP contribution in [-0.2, 0) is 6.67 Å². The van der Waals surface area contributed by atoms with Crippen molar-refractivity contribution >= 4 is 0 Å². The molecule has 0 bridgehead atoms. The van der Waals surface area contributed by atoms with Gasteiger partial charge in [0.25, 0.3) is 0 Å². The lowest BCUT2D eigenvalue weighted by Gasteiger charge is -1.97. The van der Waals surface area contributed by atoms with E-state index >= 15 is 0 Å². The lowest BCUT2D eigenvalue weighted by molar-refractivity contribution is 0.511. The highest BCUT2D eigenvalue weighted by molar-refractivity contribution is 4.59. The van der Waals surface area contributed by atoms with Gasteiger partial charge in [-0.15, -0.1) is 5.10 Å². The normalized spacial score (nSPS) is 9.89. The summed E-state index contributed by atoms with van der Waals surface area (Å²) in [5.41, 5.74) is 0. The van der Waals surface area contributed by atoms with Gasteiger partial charge in [0.1, 0.15) is 6.20 Å². The lowest BCUT2D eigenvalue weighted by atomic mass is 10.7. The summed E-state index contributed by atoms with van der Waals surface area (Å²) < 4.78 is 1.68. The van der Waals surface area contributed by atoms with Crippen LogP contribution in [0.3, 0.4) is 0 Å². The molecule has 0 saturated heterocycles. The van der Waals surface area contributed by atoms with Crippen molar-refractivity contribution in [2.24, 2.45) is 0 Å². The van der Waals surface area contributed by atoms with Crippen LogP contribution in [0.2, 0.25) is 0 Å². The Morgan fingerprint density at radius 3 is 3.22 bits per heavy atom. The van der Waals surface area contributed by atoms with Gasteiger partial charge in [-0.1, -0.05) is 12.1 Å². The van der Waals surface area contributed by atoms with Gasteiger partial charge in [0.2, 0.25) is 0 Å². The van der Waals surface area contributed by atoms with Crippen molar-refractivity contribution in [3.63, 3.8) is 0 Å². The van der Waals surface area contributed by atoms with Crippen molar-refractivity contribution in [3.05, 3.63) is 12.4 Å². The molecule has 1 rings (SSSR count). The van der Waals surface area contributed by atoms with Crippen LogP contribution in [0.5, 0.6) is 0 Å². The summed E-state index contributed by atoms with van der Waals surface area (Å²) in [5, 5.41) is 10.3. The van der Waals surface area contributed by atoms with E-state index in [-0.39, 0.29) is 0 Å². The number of hydrogen-bond acceptors (Lipinski definition) is 3. The van der Waals surface area contributed by atoms with Gasteiger partial charge in [-0.2, -0.15) is 0 Å². The van der Waals surface area contributed by atoms with E-state index in [0.29, 0.717) is 6.67 Å². The molecule has 0 spiro atoms. The predicted octanol–water partition coefficient (Wildman–Crippen LogP) is -0.355. The molecule has 0 aromatic carbocycles. The third-order valence-corrected chi connectivity index (χ3v) is 0.948. The zero-order chi connectivity index (χ0) is 6.53. The molecule has 0 aliphatic heterocycles. The molecule has 4 nitrogen and oxygen atoms in total. The van der Waals surface area contributed by atoms with Crippen LogP contribution in [0.4, 0.5) is 0 Å². The SMILES string of the molecule is CCNCn1c[c]nn1. The summed E-state index contributed by atoms with van der Waals surface area (Å²) in [6, 6.07) is 0. The van der Waals surface area contributed by atoms with Crippen molar-refractivity contribution in [2.75, 3.05) is 6.54 Å². The summed E-state index contributed by atoms with van der Waals surface area (Å²) in [5.74, 6) is 0. The minimum absolute atomic E-state index is 0.715. The van der Waals surface area contributed by atoms with Crippen molar-refractivity contribution in [1.82, 2.24) is 20.3 Å². The molecular formula is C5H9N4. The highest BCUT2D eigenvalue weighted by Gasteiger charge is 1.85. The molecule has 1 heterocycles. The minimum atomic E-state index is 0.715. The van der Waals surface area contributed by atoms with Crippen LogP contribution in [0.15, 0.2) is 6.20 Å². The number of rotatable bonds is 3. The number of hydrogen-bond donors (Lipinski definition) is 1. The van der Waals surface area contributed by atoms with Gasteiger partial charge in [0, 0.05) is 0 Å². The maximum atomic E-state index is 3.70. The first-order chi connectivity index (χ1) is 4.43. The van der Waals surface area contributed by atoms with E-state index in [2.05, 4.69) is 21.8 Å². The Morgan fingerprint density at radius 1 is 1.78 bits per heavy atom. The summed E-state index contributed by atoms with van der Waals surface area (Å²) >= 11 is 0. The number of nitrogens with zero attached hydrogens (tertiary/aromatic N) is 3. The van der Waals surface area contributed by atoms with Crippen molar-refractivity contribution in [1.29, 1.82) is 0 Å². The van der Waals surface area contributed by atoms with Gasteiger partial charge < -0.3 is 0 Å². The van der Waals surface area contributed by atoms with Gasteiger partial charge in [-0.3, -0.25) is 5.32 Å². The Kier molecular flexibility index (Phi) is 2.21. The molecule has 0 atom stereocenters. The van der Waals surface area contributed by atoms with Gasteiger partial charge in [-0.05, 0) is 6.54 Å². The molecule has 1 aromatic heterocycles. The summed E-state index contributed by atoms with van der Waals surface area (Å²) in [6.07, 6.45) is 4.30. The third-order valence-electron chi connectivity index (χ3n) is 0.948. The minimum Gasteiger partial charge on any atom is -0.298 e. The summed E-state index contributed by atoms with van der Waals surface area (Å²) in [6.45, 7) is 3.70. The highest BCUT2D eigenvalue weighted by Crippen LogP contribution is 1.73. The maximum absolute atomic E-state index is 3.70. The summed E-state index contributed by atoms with van der Waals surface area (Å²) in [7, 11) is 0. The molecule has 9 heavy (non-hydrogen) atoms. The molecule has 1 radical (unpaired) electrons. The zero-order valence-corrected chi connectivity index (χ0v) is 5.33. The second-order valence-corrected chi connectivity index (χ2v) is 1.65. The molecule has 0 aliphatic rings. The van der Waals surface area contributed by atoms with Crippen LogP contribution < -0.4 is 5.32 Å². The monoisotopic (exact) mass is 125 g/mol. The van der Waals surface area contributed by atoms with Crippen LogP contribution >= 0.6 is 0 Å². The second kappa shape index (κ2) is 3.19. The van der Waals surface area contributed by atoms with Gasteiger partial charge in [0.15, 0.2) is 0 Å². The molecule has 1 aromatic rings. The molecule has 0 unspecified atom stereocenters. The van der Waals surface area contributed by atoms with Gasteiger partial charge >= 0.3 is 0 Å². The molecule has 49 valence electrons. The van der Waals surface area contributed by atoms with E-state index in [4.69, 9.17) is 0 Å². The average molecular weight is 125 g/mol. The quantitative estimate of drug-likeness (QED) is 0.600. The van der Waals surface area contributed by atoms with Crippen LogP contribution in [0.25, 0.3) is 0 Å². The average Bonchev–Trinajstić information content (AvgIpc) is 2.34. The number of aromatic nitrogens is 3. The molecular weight excluding hydrogens is 116 g/mol. The zero-order valence-electron chi connectivity index (χ0n) is 5.33. The fraction of sp³-hybridized carbons (Fsp3) is 0.600. The first-order valence-corrected chi connectivity index (χ1v) is 2.90. The van der Waals surface area contributed by atoms with E-state index in [9.17, 15) is 0 Å². The van der Waals surface area contributed by atoms with E-state index in [1.54, 1.807) is 10.9 Å². The first kappa shape index (κ1) is 6.22. The first-order valence-electron chi connectivity index (χ1n) is 2.90. The number of nitrogens with one attached hydrogen (secondary N) is 1. The Balaban J connectivity index is 2.30. The smallest absolute Gasteiger partial charge is 0.135 e. The van der Waals surface area contributed by atoms with Crippen molar-refractivity contribution < 1.29 is 0 Å². The molecule has 0 saturated carbocycles. The molecule has 0 aliphatic carbocycles. The van der Waals surface area contributed by atoms with Crippen LogP contribution in [-0.4, -0.2) is 21.5 Å². The Labute approximate surface area is 53.9 Å². The van der Waals surface area contributed by atoms with E-state index < -0.39 is 0 Å². The van der Waals surface area contributed by atoms with E-state index in [1.807, 2.05) is 6.92 Å². The molecule has 1 N–H and O–H groups in total. The highest BCUT2D eigenvalue weighted by atomic mass is 15.4. The summed E-state index contributed by atoms with van der Waals surface area (Å²) in [4.78, 5) is 0. The van der Waals surface area contributed by atoms with E-state index in [1.165, 1.54) is 0 Å². The Morgan fingerprint density at radius 2 is 2.67 bits per heavy atom. The van der Waals surface area contributed by atoms with Crippen LogP contribution in [0.1, 0.15) is 6.92 Å². The second-order valence-electron chi connectivity index (χ2n) is 1.65. The largest absolute Gasteiger partial charge is 0.298 e. The van der Waals surface area contributed by atoms with Crippen LogP contribution in [0, 0.1) is 6.20 Å². The standard InChI is InChI=1S/C5H9N4/c1-2-6-5-9-4-3-7-8-9/h4,6H,2,5H2,1H3. The fourth-order valence-electron chi connectivity index (χ4n) is 0.505. The Hall–Kier alpha value is -0.900. The molecule has 4 heteroatoms. The van der Waals surface area contributed by atoms with Gasteiger partial charge in [-0.25, -0.2) is 4.68 Å². The molecule has 0 amide bonds. The topological polar surface area (TPSA) is 42.7 Å². The third kappa shape index (κ3) is 1.81. The van der Waals surface area contributed by atoms with Crippen molar-refractivity contribution in [3.8, 4) is 0 Å². The Bertz CT molecular complexity index is 146. The molecule has 0 fully saturated rings. The predicted molar refractivity (Wildman–Crippen MR) is 32.5 cm³/mol. The van der Waals surface area contributed by atoms with Gasteiger partial charge in [0.05, 0.1) is 12.9 Å². The fourth-order valence-corrected chi connectivity index (χ4v) is 0.505.